The average molecular weight is 369 g/mol. The molecule has 0 spiro atoms. The summed E-state index contributed by atoms with van der Waals surface area (Å²) in [5, 5.41) is 4.27. The van der Waals surface area contributed by atoms with Gasteiger partial charge in [-0.3, -0.25) is 9.78 Å². The highest BCUT2D eigenvalue weighted by Crippen LogP contribution is 2.23. The molecular weight excluding hydrogens is 350 g/mol. The first-order valence-corrected chi connectivity index (χ1v) is 8.93. The summed E-state index contributed by atoms with van der Waals surface area (Å²) in [7, 11) is 1.76. The Morgan fingerprint density at radius 2 is 1.79 bits per heavy atom. The van der Waals surface area contributed by atoms with E-state index in [2.05, 4.69) is 20.3 Å². The third-order valence-electron chi connectivity index (χ3n) is 4.39. The van der Waals surface area contributed by atoms with E-state index in [1.54, 1.807) is 24.2 Å². The molecule has 1 amide bonds. The van der Waals surface area contributed by atoms with Gasteiger partial charge >= 0.3 is 0 Å². The Morgan fingerprint density at radius 1 is 0.964 bits per heavy atom. The molecule has 0 aliphatic heterocycles. The number of benzene rings is 2. The highest BCUT2D eigenvalue weighted by atomic mass is 16.2. The second kappa shape index (κ2) is 7.84. The van der Waals surface area contributed by atoms with Gasteiger partial charge in [-0.2, -0.15) is 0 Å². The van der Waals surface area contributed by atoms with E-state index >= 15 is 0 Å². The Kier molecular flexibility index (Phi) is 4.93. The van der Waals surface area contributed by atoms with E-state index in [0.29, 0.717) is 18.1 Å². The van der Waals surface area contributed by atoms with Crippen LogP contribution >= 0.6 is 0 Å². The van der Waals surface area contributed by atoms with Crippen molar-refractivity contribution >= 4 is 28.3 Å². The predicted molar refractivity (Wildman–Crippen MR) is 109 cm³/mol. The summed E-state index contributed by atoms with van der Waals surface area (Å²) in [6.07, 6.45) is 3.14. The molecule has 2 heterocycles. The summed E-state index contributed by atoms with van der Waals surface area (Å²) in [6, 6.07) is 21.3. The number of rotatable bonds is 5. The summed E-state index contributed by atoms with van der Waals surface area (Å²) >= 11 is 0. The van der Waals surface area contributed by atoms with Gasteiger partial charge in [0, 0.05) is 31.2 Å². The third-order valence-corrected chi connectivity index (χ3v) is 4.39. The zero-order valence-electron chi connectivity index (χ0n) is 15.4. The molecule has 2 aromatic heterocycles. The first kappa shape index (κ1) is 17.6. The van der Waals surface area contributed by atoms with Gasteiger partial charge < -0.3 is 10.2 Å². The normalized spacial score (nSPS) is 10.6. The van der Waals surface area contributed by atoms with E-state index in [4.69, 9.17) is 0 Å². The Labute approximate surface area is 162 Å². The largest absolute Gasteiger partial charge is 0.338 e. The van der Waals surface area contributed by atoms with E-state index in [1.165, 1.54) is 6.33 Å². The molecule has 2 aromatic carbocycles. The van der Waals surface area contributed by atoms with Crippen LogP contribution in [-0.4, -0.2) is 32.8 Å². The van der Waals surface area contributed by atoms with Gasteiger partial charge in [0.05, 0.1) is 11.2 Å². The van der Waals surface area contributed by atoms with Crippen LogP contribution in [0.4, 0.5) is 11.5 Å². The minimum Gasteiger partial charge on any atom is -0.338 e. The van der Waals surface area contributed by atoms with E-state index in [-0.39, 0.29) is 5.91 Å². The highest BCUT2D eigenvalue weighted by molar-refractivity contribution is 5.94. The SMILES string of the molecule is CN(Cc1ccccc1)C(=O)c1cc(Nc2cccc3cccnc23)ncn1. The molecular formula is C22H19N5O. The number of hydrogen-bond donors (Lipinski definition) is 1. The zero-order valence-corrected chi connectivity index (χ0v) is 15.4. The maximum atomic E-state index is 12.8. The molecule has 138 valence electrons. The Morgan fingerprint density at radius 3 is 2.64 bits per heavy atom. The van der Waals surface area contributed by atoms with Crippen molar-refractivity contribution in [3.8, 4) is 0 Å². The minimum atomic E-state index is -0.162. The number of fused-ring (bicyclic) bond motifs is 1. The lowest BCUT2D eigenvalue weighted by Gasteiger charge is -2.17. The molecule has 0 aliphatic carbocycles. The van der Waals surface area contributed by atoms with Crippen molar-refractivity contribution in [3.05, 3.63) is 90.5 Å². The number of carbonyl (C=O) groups excluding carboxylic acids is 1. The van der Waals surface area contributed by atoms with E-state index in [1.807, 2.05) is 60.7 Å². The average Bonchev–Trinajstić information content (AvgIpc) is 2.74. The summed E-state index contributed by atoms with van der Waals surface area (Å²) < 4.78 is 0. The second-order valence-corrected chi connectivity index (χ2v) is 6.44. The Balaban J connectivity index is 1.55. The molecule has 6 heteroatoms. The molecule has 0 aliphatic rings. The lowest BCUT2D eigenvalue weighted by Crippen LogP contribution is -2.27. The first-order valence-electron chi connectivity index (χ1n) is 8.93. The van der Waals surface area contributed by atoms with Gasteiger partial charge in [0.25, 0.3) is 5.91 Å². The predicted octanol–water partition coefficient (Wildman–Crippen LogP) is 4.04. The van der Waals surface area contributed by atoms with Crippen LogP contribution < -0.4 is 5.32 Å². The summed E-state index contributed by atoms with van der Waals surface area (Å²) in [5.41, 5.74) is 3.07. The minimum absolute atomic E-state index is 0.162. The van der Waals surface area contributed by atoms with Crippen LogP contribution in [0.15, 0.2) is 79.3 Å². The lowest BCUT2D eigenvalue weighted by molar-refractivity contribution is 0.0779. The van der Waals surface area contributed by atoms with Gasteiger partial charge in [-0.1, -0.05) is 48.5 Å². The number of amides is 1. The van der Waals surface area contributed by atoms with Crippen molar-refractivity contribution < 1.29 is 4.79 Å². The van der Waals surface area contributed by atoms with Crippen LogP contribution in [0.1, 0.15) is 16.1 Å². The molecule has 0 saturated heterocycles. The quantitative estimate of drug-likeness (QED) is 0.575. The number of nitrogens with one attached hydrogen (secondary N) is 1. The van der Waals surface area contributed by atoms with Crippen molar-refractivity contribution in [1.82, 2.24) is 19.9 Å². The van der Waals surface area contributed by atoms with Crippen molar-refractivity contribution in [2.45, 2.75) is 6.54 Å². The number of hydrogen-bond acceptors (Lipinski definition) is 5. The summed E-state index contributed by atoms with van der Waals surface area (Å²) in [5.74, 6) is 0.384. The number of pyridine rings is 1. The molecule has 6 nitrogen and oxygen atoms in total. The van der Waals surface area contributed by atoms with Gasteiger partial charge in [0.15, 0.2) is 0 Å². The molecule has 0 saturated carbocycles. The highest BCUT2D eigenvalue weighted by Gasteiger charge is 2.15. The van der Waals surface area contributed by atoms with Crippen LogP contribution in [0.3, 0.4) is 0 Å². The smallest absolute Gasteiger partial charge is 0.272 e. The third kappa shape index (κ3) is 3.81. The van der Waals surface area contributed by atoms with Gasteiger partial charge in [0.2, 0.25) is 0 Å². The molecule has 1 N–H and O–H groups in total. The number of para-hydroxylation sites is 1. The van der Waals surface area contributed by atoms with Gasteiger partial charge in [-0.15, -0.1) is 0 Å². The van der Waals surface area contributed by atoms with Crippen LogP contribution in [0, 0.1) is 0 Å². The molecule has 4 aromatic rings. The number of anilines is 2. The molecule has 0 unspecified atom stereocenters. The molecule has 0 atom stereocenters. The summed E-state index contributed by atoms with van der Waals surface area (Å²) in [4.78, 5) is 27.2. The molecule has 0 radical (unpaired) electrons. The van der Waals surface area contributed by atoms with E-state index in [0.717, 1.165) is 22.2 Å². The standard InChI is InChI=1S/C22H19N5O/c1-27(14-16-7-3-2-4-8-16)22(28)19-13-20(25-15-24-19)26-18-11-5-9-17-10-6-12-23-21(17)18/h2-13,15H,14H2,1H3,(H,24,25,26). The monoisotopic (exact) mass is 369 g/mol. The van der Waals surface area contributed by atoms with Gasteiger partial charge in [0.1, 0.15) is 17.8 Å². The maximum absolute atomic E-state index is 12.8. The topological polar surface area (TPSA) is 71.0 Å². The van der Waals surface area contributed by atoms with Crippen LogP contribution in [0.2, 0.25) is 0 Å². The van der Waals surface area contributed by atoms with Gasteiger partial charge in [-0.05, 0) is 17.7 Å². The molecule has 0 bridgehead atoms. The van der Waals surface area contributed by atoms with Crippen LogP contribution in [0.25, 0.3) is 10.9 Å². The van der Waals surface area contributed by atoms with Gasteiger partial charge in [-0.25, -0.2) is 9.97 Å². The first-order chi connectivity index (χ1) is 13.7. The number of nitrogens with zero attached hydrogens (tertiary/aromatic N) is 4. The number of aromatic nitrogens is 3. The van der Waals surface area contributed by atoms with Crippen molar-refractivity contribution in [1.29, 1.82) is 0 Å². The van der Waals surface area contributed by atoms with Crippen LogP contribution in [0.5, 0.6) is 0 Å². The number of carbonyl (C=O) groups is 1. The Hall–Kier alpha value is -3.80. The molecule has 4 rings (SSSR count). The van der Waals surface area contributed by atoms with Crippen LogP contribution in [-0.2, 0) is 6.54 Å². The lowest BCUT2D eigenvalue weighted by atomic mass is 10.2. The van der Waals surface area contributed by atoms with E-state index < -0.39 is 0 Å². The fourth-order valence-electron chi connectivity index (χ4n) is 3.01. The second-order valence-electron chi connectivity index (χ2n) is 6.44. The molecule has 28 heavy (non-hydrogen) atoms. The van der Waals surface area contributed by atoms with Crippen molar-refractivity contribution in [2.75, 3.05) is 12.4 Å². The fraction of sp³-hybridized carbons (Fsp3) is 0.0909. The molecule has 0 fully saturated rings. The fourth-order valence-corrected chi connectivity index (χ4v) is 3.01. The maximum Gasteiger partial charge on any atom is 0.272 e. The van der Waals surface area contributed by atoms with Crippen molar-refractivity contribution in [2.24, 2.45) is 0 Å². The Bertz CT molecular complexity index is 1110. The van der Waals surface area contributed by atoms with E-state index in [9.17, 15) is 4.79 Å². The zero-order chi connectivity index (χ0) is 19.3. The summed E-state index contributed by atoms with van der Waals surface area (Å²) in [6.45, 7) is 0.514. The van der Waals surface area contributed by atoms with Crippen molar-refractivity contribution in [3.63, 3.8) is 0 Å².